The molecule has 0 aliphatic rings. The van der Waals surface area contributed by atoms with E-state index in [2.05, 4.69) is 20.2 Å². The van der Waals surface area contributed by atoms with Crippen molar-refractivity contribution >= 4 is 26.7 Å². The fraction of sp³-hybridized carbons (Fsp3) is 0.190. The first kappa shape index (κ1) is 22.5. The number of pyridine rings is 2. The lowest BCUT2D eigenvalue weighted by Gasteiger charge is -2.14. The molecule has 1 aromatic carbocycles. The minimum absolute atomic E-state index is 0.0172. The minimum Gasteiger partial charge on any atom is -0.487 e. The van der Waals surface area contributed by atoms with Gasteiger partial charge in [0.15, 0.2) is 11.5 Å². The molecule has 0 saturated heterocycles. The average molecular weight is 477 g/mol. The Kier molecular flexibility index (Phi) is 5.93. The number of benzene rings is 1. The van der Waals surface area contributed by atoms with Crippen molar-refractivity contribution < 1.29 is 26.3 Å². The zero-order chi connectivity index (χ0) is 23.8. The molecule has 12 heteroatoms. The molecule has 3 aromatic heterocycles. The maximum atomic E-state index is 15.0. The molecule has 8 nitrogen and oxygen atoms in total. The number of aryl methyl sites for hydroxylation is 2. The van der Waals surface area contributed by atoms with Crippen LogP contribution < -0.4 is 9.46 Å². The number of fused-ring (bicyclic) bond motifs is 1. The molecule has 0 unspecified atom stereocenters. The van der Waals surface area contributed by atoms with Crippen molar-refractivity contribution in [3.8, 4) is 5.75 Å². The number of anilines is 1. The summed E-state index contributed by atoms with van der Waals surface area (Å²) < 4.78 is 75.7. The monoisotopic (exact) mass is 477 g/mol. The molecule has 0 amide bonds. The van der Waals surface area contributed by atoms with E-state index >= 15 is 4.39 Å². The van der Waals surface area contributed by atoms with E-state index in [0.717, 1.165) is 35.5 Å². The molecule has 172 valence electrons. The van der Waals surface area contributed by atoms with Gasteiger partial charge in [-0.3, -0.25) is 14.8 Å². The number of nitrogens with zero attached hydrogens (tertiary/aromatic N) is 3. The first-order valence-corrected chi connectivity index (χ1v) is 11.3. The Morgan fingerprint density at radius 1 is 1.12 bits per heavy atom. The molecule has 0 spiro atoms. The van der Waals surface area contributed by atoms with Gasteiger partial charge in [-0.15, -0.1) is 0 Å². The summed E-state index contributed by atoms with van der Waals surface area (Å²) in [4.78, 5) is 7.35. The molecule has 4 rings (SSSR count). The molecule has 0 aliphatic heterocycles. The average Bonchev–Trinajstić information content (AvgIpc) is 3.19. The van der Waals surface area contributed by atoms with E-state index in [1.807, 2.05) is 11.6 Å². The highest BCUT2D eigenvalue weighted by Crippen LogP contribution is 2.27. The number of hydrogen-bond acceptors (Lipinski definition) is 6. The number of aromatic amines is 1. The third kappa shape index (κ3) is 4.46. The van der Waals surface area contributed by atoms with E-state index < -0.39 is 50.2 Å². The summed E-state index contributed by atoms with van der Waals surface area (Å²) in [5, 5.41) is 7.63. The third-order valence-corrected chi connectivity index (χ3v) is 6.40. The number of hydrogen-bond donors (Lipinski definition) is 2. The van der Waals surface area contributed by atoms with Crippen LogP contribution in [0.5, 0.6) is 5.75 Å². The van der Waals surface area contributed by atoms with Crippen LogP contribution in [0.3, 0.4) is 0 Å². The number of ether oxygens (including phenoxy) is 1. The summed E-state index contributed by atoms with van der Waals surface area (Å²) >= 11 is 0. The first-order valence-electron chi connectivity index (χ1n) is 9.77. The molecular formula is C21H18F3N5O3S. The number of aromatic nitrogens is 4. The van der Waals surface area contributed by atoms with Crippen molar-refractivity contribution in [1.82, 2.24) is 20.2 Å². The zero-order valence-electron chi connectivity index (χ0n) is 17.5. The zero-order valence-corrected chi connectivity index (χ0v) is 18.3. The number of H-pyrrole nitrogens is 1. The molecule has 2 N–H and O–H groups in total. The second-order valence-electron chi connectivity index (χ2n) is 7.11. The summed E-state index contributed by atoms with van der Waals surface area (Å²) in [6.07, 6.45) is 2.89. The van der Waals surface area contributed by atoms with Gasteiger partial charge in [-0.2, -0.15) is 5.10 Å². The minimum atomic E-state index is -4.39. The highest BCUT2D eigenvalue weighted by atomic mass is 32.2. The Morgan fingerprint density at radius 3 is 2.67 bits per heavy atom. The predicted octanol–water partition coefficient (Wildman–Crippen LogP) is 4.02. The van der Waals surface area contributed by atoms with Gasteiger partial charge in [0.05, 0.1) is 35.0 Å². The van der Waals surface area contributed by atoms with Gasteiger partial charge in [-0.1, -0.05) is 6.92 Å². The van der Waals surface area contributed by atoms with Crippen LogP contribution in [-0.2, 0) is 23.1 Å². The molecule has 4 aromatic rings. The maximum Gasteiger partial charge on any atom is 0.263 e. The number of sulfonamides is 1. The molecule has 33 heavy (non-hydrogen) atoms. The lowest BCUT2D eigenvalue weighted by atomic mass is 10.2. The standard InChI is InChI=1S/C21H18F3N5O3S/c1-3-17-14-7-13(9-26-21(14)28-27-17)32-10-15-16(23)4-5-18(20(15)24)29-33(30,31)19-6-12(22)8-25-11(19)2/h4-9,29H,3,10H2,1-2H3,(H,26,27,28). The molecule has 0 aliphatic carbocycles. The van der Waals surface area contributed by atoms with Crippen LogP contribution in [0.4, 0.5) is 18.9 Å². The first-order chi connectivity index (χ1) is 15.7. The van der Waals surface area contributed by atoms with E-state index in [9.17, 15) is 17.2 Å². The summed E-state index contributed by atoms with van der Waals surface area (Å²) in [5.41, 5.74) is 0.320. The Balaban J connectivity index is 1.60. The molecule has 0 saturated carbocycles. The fourth-order valence-electron chi connectivity index (χ4n) is 3.21. The second kappa shape index (κ2) is 8.70. The Morgan fingerprint density at radius 2 is 1.91 bits per heavy atom. The van der Waals surface area contributed by atoms with Crippen molar-refractivity contribution in [2.24, 2.45) is 0 Å². The van der Waals surface area contributed by atoms with Crippen molar-refractivity contribution in [2.45, 2.75) is 31.8 Å². The Labute approximate surface area is 186 Å². The largest absolute Gasteiger partial charge is 0.487 e. The fourth-order valence-corrected chi connectivity index (χ4v) is 4.48. The van der Waals surface area contributed by atoms with Crippen molar-refractivity contribution in [2.75, 3.05) is 4.72 Å². The smallest absolute Gasteiger partial charge is 0.263 e. The van der Waals surface area contributed by atoms with Crippen LogP contribution in [0.15, 0.2) is 41.6 Å². The van der Waals surface area contributed by atoms with E-state index in [1.54, 1.807) is 6.07 Å². The second-order valence-corrected chi connectivity index (χ2v) is 8.76. The van der Waals surface area contributed by atoms with Gasteiger partial charge in [0, 0.05) is 5.39 Å². The summed E-state index contributed by atoms with van der Waals surface area (Å²) in [6, 6.07) is 4.25. The molecule has 0 fully saturated rings. The molecular weight excluding hydrogens is 459 g/mol. The van der Waals surface area contributed by atoms with Crippen LogP contribution in [0.1, 0.15) is 23.9 Å². The maximum absolute atomic E-state index is 15.0. The number of nitrogens with one attached hydrogen (secondary N) is 2. The van der Waals surface area contributed by atoms with E-state index in [4.69, 9.17) is 4.74 Å². The van der Waals surface area contributed by atoms with E-state index in [0.29, 0.717) is 12.1 Å². The van der Waals surface area contributed by atoms with Crippen LogP contribution >= 0.6 is 0 Å². The SMILES string of the molecule is CCc1n[nH]c2ncc(OCc3c(F)ccc(NS(=O)(=O)c4cc(F)cnc4C)c3F)cc12. The lowest BCUT2D eigenvalue weighted by molar-refractivity contribution is 0.292. The quantitative estimate of drug-likeness (QED) is 0.416. The molecule has 0 radical (unpaired) electrons. The van der Waals surface area contributed by atoms with Crippen molar-refractivity contribution in [3.05, 3.63) is 71.1 Å². The molecule has 0 bridgehead atoms. The van der Waals surface area contributed by atoms with Gasteiger partial charge >= 0.3 is 0 Å². The summed E-state index contributed by atoms with van der Waals surface area (Å²) in [5.74, 6) is -2.70. The topological polar surface area (TPSA) is 110 Å². The van der Waals surface area contributed by atoms with Gasteiger partial charge in [0.25, 0.3) is 10.0 Å². The third-order valence-electron chi connectivity index (χ3n) is 4.92. The normalized spacial score (nSPS) is 11.7. The lowest BCUT2D eigenvalue weighted by Crippen LogP contribution is -2.17. The van der Waals surface area contributed by atoms with E-state index in [1.165, 1.54) is 13.1 Å². The van der Waals surface area contributed by atoms with Gasteiger partial charge in [-0.05, 0) is 37.6 Å². The predicted molar refractivity (Wildman–Crippen MR) is 114 cm³/mol. The van der Waals surface area contributed by atoms with Gasteiger partial charge in [0.2, 0.25) is 0 Å². The highest BCUT2D eigenvalue weighted by molar-refractivity contribution is 7.92. The Bertz CT molecular complexity index is 1460. The van der Waals surface area contributed by atoms with Crippen LogP contribution in [0, 0.1) is 24.4 Å². The van der Waals surface area contributed by atoms with Gasteiger partial charge in [0.1, 0.15) is 28.9 Å². The van der Waals surface area contributed by atoms with Gasteiger partial charge < -0.3 is 4.74 Å². The number of rotatable bonds is 7. The summed E-state index contributed by atoms with van der Waals surface area (Å²) in [7, 11) is -4.39. The van der Waals surface area contributed by atoms with Crippen molar-refractivity contribution in [3.63, 3.8) is 0 Å². The van der Waals surface area contributed by atoms with Crippen LogP contribution in [0.2, 0.25) is 0 Å². The summed E-state index contributed by atoms with van der Waals surface area (Å²) in [6.45, 7) is 2.76. The number of halogens is 3. The van der Waals surface area contributed by atoms with Crippen molar-refractivity contribution in [1.29, 1.82) is 0 Å². The van der Waals surface area contributed by atoms with E-state index in [-0.39, 0.29) is 11.4 Å². The highest BCUT2D eigenvalue weighted by Gasteiger charge is 2.23. The van der Waals surface area contributed by atoms with Crippen LogP contribution in [-0.4, -0.2) is 28.6 Å². The molecule has 0 atom stereocenters. The molecule has 3 heterocycles. The van der Waals surface area contributed by atoms with Crippen LogP contribution in [0.25, 0.3) is 11.0 Å². The van der Waals surface area contributed by atoms with Gasteiger partial charge in [-0.25, -0.2) is 26.6 Å². The Hall–Kier alpha value is -3.67.